The van der Waals surface area contributed by atoms with Gasteiger partial charge in [-0.15, -0.1) is 0 Å². The highest BCUT2D eigenvalue weighted by atomic mass is 19.2. The maximum atomic E-state index is 13.7. The van der Waals surface area contributed by atoms with Crippen LogP contribution < -0.4 is 10.6 Å². The maximum absolute atomic E-state index is 13.7. The molecule has 0 aliphatic carbocycles. The third-order valence-corrected chi connectivity index (χ3v) is 4.93. The number of anilines is 1. The molecule has 1 amide bonds. The van der Waals surface area contributed by atoms with E-state index >= 15 is 0 Å². The first kappa shape index (κ1) is 22.0. The second-order valence-corrected chi connectivity index (χ2v) is 7.26. The Morgan fingerprint density at radius 3 is 2.61 bits per heavy atom. The average Bonchev–Trinajstić information content (AvgIpc) is 2.85. The molecule has 0 aliphatic rings. The molecule has 0 spiro atoms. The molecule has 0 atom stereocenters. The third kappa shape index (κ3) is 5.74. The minimum absolute atomic E-state index is 0.310. The third-order valence-electron chi connectivity index (χ3n) is 4.93. The molecule has 0 saturated heterocycles. The lowest BCUT2D eigenvalue weighted by molar-refractivity contribution is 0.0951. The van der Waals surface area contributed by atoms with Crippen LogP contribution in [0, 0.1) is 11.6 Å². The Balaban J connectivity index is 1.56. The Morgan fingerprint density at radius 1 is 0.939 bits per heavy atom. The highest BCUT2D eigenvalue weighted by Gasteiger charge is 2.15. The molecule has 0 fully saturated rings. The van der Waals surface area contributed by atoms with Gasteiger partial charge in [-0.05, 0) is 54.1 Å². The van der Waals surface area contributed by atoms with Gasteiger partial charge in [-0.25, -0.2) is 13.8 Å². The Kier molecular flexibility index (Phi) is 6.94. The number of nitrogens with zero attached hydrogens (tertiary/aromatic N) is 3. The molecule has 1 aromatic carbocycles. The molecule has 0 saturated carbocycles. The molecule has 4 rings (SSSR count). The summed E-state index contributed by atoms with van der Waals surface area (Å²) in [5.74, 6) is -1.86. The van der Waals surface area contributed by atoms with Gasteiger partial charge < -0.3 is 10.6 Å². The molecule has 8 heteroatoms. The predicted molar refractivity (Wildman–Crippen MR) is 121 cm³/mol. The van der Waals surface area contributed by atoms with Gasteiger partial charge in [0.2, 0.25) is 0 Å². The van der Waals surface area contributed by atoms with E-state index in [-0.39, 0.29) is 5.91 Å². The predicted octanol–water partition coefficient (Wildman–Crippen LogP) is 4.40. The molecular formula is C25H21F2N5O. The van der Waals surface area contributed by atoms with Gasteiger partial charge in [0.25, 0.3) is 5.91 Å². The number of hydrogen-bond acceptors (Lipinski definition) is 5. The first-order valence-electron chi connectivity index (χ1n) is 10.4. The van der Waals surface area contributed by atoms with Crippen molar-refractivity contribution in [2.24, 2.45) is 0 Å². The highest BCUT2D eigenvalue weighted by Crippen LogP contribution is 2.24. The van der Waals surface area contributed by atoms with E-state index in [0.29, 0.717) is 42.1 Å². The van der Waals surface area contributed by atoms with Gasteiger partial charge in [0.05, 0.1) is 11.3 Å². The number of pyridine rings is 3. The van der Waals surface area contributed by atoms with Gasteiger partial charge in [-0.2, -0.15) is 0 Å². The standard InChI is InChI=1S/C25H21F2N5O/c26-21-8-6-18(14-22(21)27)23-9-7-20(25(33)31-16-17-4-3-11-28-15-17)24(32-23)30-13-10-19-5-1-2-12-29-19/h1-9,11-12,14-15H,10,13,16H2,(H,30,32)(H,31,33). The van der Waals surface area contributed by atoms with E-state index in [1.165, 1.54) is 6.07 Å². The summed E-state index contributed by atoms with van der Waals surface area (Å²) in [7, 11) is 0. The van der Waals surface area contributed by atoms with Gasteiger partial charge in [-0.3, -0.25) is 14.8 Å². The van der Waals surface area contributed by atoms with Crippen molar-refractivity contribution in [1.82, 2.24) is 20.3 Å². The van der Waals surface area contributed by atoms with Gasteiger partial charge in [0, 0.05) is 49.4 Å². The van der Waals surface area contributed by atoms with Crippen LogP contribution >= 0.6 is 0 Å². The monoisotopic (exact) mass is 445 g/mol. The van der Waals surface area contributed by atoms with Crippen molar-refractivity contribution in [3.63, 3.8) is 0 Å². The van der Waals surface area contributed by atoms with Crippen LogP contribution in [-0.4, -0.2) is 27.4 Å². The molecule has 0 aliphatic heterocycles. The number of carbonyl (C=O) groups excluding carboxylic acids is 1. The lowest BCUT2D eigenvalue weighted by Crippen LogP contribution is -2.25. The zero-order chi connectivity index (χ0) is 23.0. The Labute approximate surface area is 189 Å². The van der Waals surface area contributed by atoms with Crippen molar-refractivity contribution in [3.8, 4) is 11.3 Å². The van der Waals surface area contributed by atoms with Crippen LogP contribution in [-0.2, 0) is 13.0 Å². The summed E-state index contributed by atoms with van der Waals surface area (Å²) in [5.41, 5.74) is 2.92. The minimum Gasteiger partial charge on any atom is -0.369 e. The molecule has 0 radical (unpaired) electrons. The molecular weight excluding hydrogens is 424 g/mol. The van der Waals surface area contributed by atoms with Gasteiger partial charge >= 0.3 is 0 Å². The quantitative estimate of drug-likeness (QED) is 0.420. The summed E-state index contributed by atoms with van der Waals surface area (Å²) in [6.07, 6.45) is 5.68. The molecule has 6 nitrogen and oxygen atoms in total. The van der Waals surface area contributed by atoms with E-state index in [1.807, 2.05) is 24.3 Å². The summed E-state index contributed by atoms with van der Waals surface area (Å²) < 4.78 is 27.1. The van der Waals surface area contributed by atoms with Crippen LogP contribution in [0.3, 0.4) is 0 Å². The van der Waals surface area contributed by atoms with E-state index in [9.17, 15) is 13.6 Å². The van der Waals surface area contributed by atoms with Crippen molar-refractivity contribution < 1.29 is 13.6 Å². The van der Waals surface area contributed by atoms with Crippen LogP contribution in [0.4, 0.5) is 14.6 Å². The summed E-state index contributed by atoms with van der Waals surface area (Å²) in [5, 5.41) is 6.04. The SMILES string of the molecule is O=C(NCc1cccnc1)c1ccc(-c2ccc(F)c(F)c2)nc1NCCc1ccccn1. The molecule has 3 aromatic heterocycles. The van der Waals surface area contributed by atoms with Crippen molar-refractivity contribution >= 4 is 11.7 Å². The van der Waals surface area contributed by atoms with Crippen LogP contribution in [0.2, 0.25) is 0 Å². The van der Waals surface area contributed by atoms with Gasteiger partial charge in [0.1, 0.15) is 5.82 Å². The zero-order valence-electron chi connectivity index (χ0n) is 17.6. The number of aromatic nitrogens is 3. The first-order valence-corrected chi connectivity index (χ1v) is 10.4. The second-order valence-electron chi connectivity index (χ2n) is 7.26. The number of nitrogens with one attached hydrogen (secondary N) is 2. The highest BCUT2D eigenvalue weighted by molar-refractivity contribution is 5.99. The van der Waals surface area contributed by atoms with Crippen molar-refractivity contribution in [1.29, 1.82) is 0 Å². The van der Waals surface area contributed by atoms with Crippen molar-refractivity contribution in [2.45, 2.75) is 13.0 Å². The van der Waals surface area contributed by atoms with E-state index in [0.717, 1.165) is 23.4 Å². The van der Waals surface area contributed by atoms with E-state index < -0.39 is 11.6 Å². The molecule has 3 heterocycles. The molecule has 2 N–H and O–H groups in total. The smallest absolute Gasteiger partial charge is 0.255 e. The molecule has 0 unspecified atom stereocenters. The van der Waals surface area contributed by atoms with Crippen LogP contribution in [0.25, 0.3) is 11.3 Å². The summed E-state index contributed by atoms with van der Waals surface area (Å²) in [6.45, 7) is 0.791. The number of halogens is 2. The van der Waals surface area contributed by atoms with Crippen LogP contribution in [0.15, 0.2) is 79.3 Å². The second kappa shape index (κ2) is 10.4. The summed E-state index contributed by atoms with van der Waals surface area (Å²) in [6, 6.07) is 16.1. The molecule has 4 aromatic rings. The first-order chi connectivity index (χ1) is 16.1. The average molecular weight is 445 g/mol. The molecule has 0 bridgehead atoms. The van der Waals surface area contributed by atoms with Crippen molar-refractivity contribution in [3.05, 3.63) is 108 Å². The largest absolute Gasteiger partial charge is 0.369 e. The number of benzene rings is 1. The van der Waals surface area contributed by atoms with Crippen LogP contribution in [0.1, 0.15) is 21.6 Å². The zero-order valence-corrected chi connectivity index (χ0v) is 17.6. The number of hydrogen-bond donors (Lipinski definition) is 2. The van der Waals surface area contributed by atoms with Gasteiger partial charge in [-0.1, -0.05) is 12.1 Å². The van der Waals surface area contributed by atoms with E-state index in [2.05, 4.69) is 25.6 Å². The van der Waals surface area contributed by atoms with E-state index in [1.54, 1.807) is 36.8 Å². The minimum atomic E-state index is -0.961. The van der Waals surface area contributed by atoms with Crippen LogP contribution in [0.5, 0.6) is 0 Å². The van der Waals surface area contributed by atoms with E-state index in [4.69, 9.17) is 0 Å². The fourth-order valence-corrected chi connectivity index (χ4v) is 3.23. The summed E-state index contributed by atoms with van der Waals surface area (Å²) >= 11 is 0. The Bertz CT molecular complexity index is 1240. The number of carbonyl (C=O) groups is 1. The fourth-order valence-electron chi connectivity index (χ4n) is 3.23. The lowest BCUT2D eigenvalue weighted by Gasteiger charge is -2.13. The molecule has 166 valence electrons. The number of amides is 1. The van der Waals surface area contributed by atoms with Gasteiger partial charge in [0.15, 0.2) is 11.6 Å². The topological polar surface area (TPSA) is 79.8 Å². The fraction of sp³-hybridized carbons (Fsp3) is 0.120. The molecule has 33 heavy (non-hydrogen) atoms. The summed E-state index contributed by atoms with van der Waals surface area (Å²) in [4.78, 5) is 25.7. The normalized spacial score (nSPS) is 10.6. The Hall–Kier alpha value is -4.20. The Morgan fingerprint density at radius 2 is 1.85 bits per heavy atom. The van der Waals surface area contributed by atoms with Crippen molar-refractivity contribution in [2.75, 3.05) is 11.9 Å². The maximum Gasteiger partial charge on any atom is 0.255 e. The number of rotatable bonds is 8. The lowest BCUT2D eigenvalue weighted by atomic mass is 10.1.